The van der Waals surface area contributed by atoms with E-state index >= 15 is 0 Å². The van der Waals surface area contributed by atoms with E-state index < -0.39 is 23.1 Å². The van der Waals surface area contributed by atoms with Crippen LogP contribution in [0.2, 0.25) is 5.02 Å². The molecule has 12 heteroatoms. The number of nitrogens with zero attached hydrogens (tertiary/aromatic N) is 3. The van der Waals surface area contributed by atoms with E-state index in [1.807, 2.05) is 4.90 Å². The third-order valence-electron chi connectivity index (χ3n) is 6.14. The molecule has 0 aliphatic carbocycles. The fourth-order valence-electron chi connectivity index (χ4n) is 4.11. The molecule has 4 rings (SSSR count). The van der Waals surface area contributed by atoms with Crippen LogP contribution < -0.4 is 14.4 Å². The topological polar surface area (TPSA) is 87.6 Å². The number of rotatable bonds is 7. The number of hydrogen-bond donors (Lipinski definition) is 2. The fourth-order valence-corrected chi connectivity index (χ4v) is 4.93. The van der Waals surface area contributed by atoms with Gasteiger partial charge in [0.2, 0.25) is 0 Å². The summed E-state index contributed by atoms with van der Waals surface area (Å²) in [5.41, 5.74) is -2.02. The first-order valence-electron chi connectivity index (χ1n) is 11.3. The van der Waals surface area contributed by atoms with Gasteiger partial charge in [0.05, 0.1) is 28.8 Å². The molecule has 3 heterocycles. The van der Waals surface area contributed by atoms with Crippen molar-refractivity contribution >= 4 is 41.2 Å². The van der Waals surface area contributed by atoms with Gasteiger partial charge in [0.1, 0.15) is 22.4 Å². The summed E-state index contributed by atoms with van der Waals surface area (Å²) in [6.07, 6.45) is -3.32. The monoisotopic (exact) mass is 552 g/mol. The first-order valence-corrected chi connectivity index (χ1v) is 12.5. The number of carboxylic acids is 1. The SMILES string of the molecule is COc1ccc(Cl)c(-c2nc(NSc3cccc(N4CCC[C@@](C)(C(=O)O)C4)n3)ccc2C(F)(F)F)c1. The standard InChI is InChI=1S/C25H24ClF3N4O3S/c1-24(23(34)35)11-4-12-33(14-24)20-5-3-6-21(31-20)37-32-19-10-8-17(25(27,28)29)22(30-19)16-13-15(36-2)7-9-18(16)26/h3,5-10,13H,4,11-12,14H2,1-2H3,(H,30,32)(H,34,35)/t24-/m1/s1. The molecule has 7 nitrogen and oxygen atoms in total. The number of nitrogens with one attached hydrogen (secondary N) is 1. The van der Waals surface area contributed by atoms with Gasteiger partial charge in [0, 0.05) is 30.6 Å². The Labute approximate surface area is 221 Å². The molecule has 196 valence electrons. The maximum absolute atomic E-state index is 13.8. The lowest BCUT2D eigenvalue weighted by Crippen LogP contribution is -2.46. The largest absolute Gasteiger partial charge is 0.497 e. The van der Waals surface area contributed by atoms with E-state index in [0.717, 1.165) is 24.4 Å². The molecule has 1 aliphatic rings. The number of methoxy groups -OCH3 is 1. The smallest absolute Gasteiger partial charge is 0.418 e. The molecule has 0 spiro atoms. The molecule has 1 aromatic carbocycles. The summed E-state index contributed by atoms with van der Waals surface area (Å²) in [4.78, 5) is 22.4. The highest BCUT2D eigenvalue weighted by Crippen LogP contribution is 2.41. The van der Waals surface area contributed by atoms with Crippen LogP contribution in [0.3, 0.4) is 0 Å². The van der Waals surface area contributed by atoms with Gasteiger partial charge in [-0.2, -0.15) is 13.2 Å². The number of alkyl halides is 3. The first-order chi connectivity index (χ1) is 17.5. The maximum atomic E-state index is 13.8. The van der Waals surface area contributed by atoms with Gasteiger partial charge in [-0.1, -0.05) is 17.7 Å². The van der Waals surface area contributed by atoms with E-state index in [-0.39, 0.29) is 22.1 Å². The van der Waals surface area contributed by atoms with Gasteiger partial charge in [-0.3, -0.25) is 4.79 Å². The molecular weight excluding hydrogens is 529 g/mol. The van der Waals surface area contributed by atoms with Crippen LogP contribution >= 0.6 is 23.5 Å². The van der Waals surface area contributed by atoms with Crippen molar-refractivity contribution in [2.45, 2.75) is 31.0 Å². The van der Waals surface area contributed by atoms with E-state index in [9.17, 15) is 23.1 Å². The van der Waals surface area contributed by atoms with Crippen molar-refractivity contribution in [1.82, 2.24) is 9.97 Å². The molecule has 0 amide bonds. The van der Waals surface area contributed by atoms with Crippen molar-refractivity contribution in [3.63, 3.8) is 0 Å². The van der Waals surface area contributed by atoms with Gasteiger partial charge in [-0.25, -0.2) is 9.97 Å². The number of piperidine rings is 1. The Hall–Kier alpha value is -3.18. The lowest BCUT2D eigenvalue weighted by atomic mass is 9.82. The highest BCUT2D eigenvalue weighted by molar-refractivity contribution is 8.00. The van der Waals surface area contributed by atoms with Crippen molar-refractivity contribution < 1.29 is 27.8 Å². The van der Waals surface area contributed by atoms with E-state index in [0.29, 0.717) is 36.1 Å². The second-order valence-electron chi connectivity index (χ2n) is 8.87. The number of halogens is 4. The Morgan fingerprint density at radius 1 is 1.22 bits per heavy atom. The molecule has 0 radical (unpaired) electrons. The quantitative estimate of drug-likeness (QED) is 0.316. The number of benzene rings is 1. The molecule has 2 aromatic heterocycles. The number of hydrogen-bond acceptors (Lipinski definition) is 7. The molecule has 0 bridgehead atoms. The van der Waals surface area contributed by atoms with Crippen LogP contribution in [0.5, 0.6) is 5.75 Å². The molecule has 1 atom stereocenters. The Morgan fingerprint density at radius 3 is 2.70 bits per heavy atom. The van der Waals surface area contributed by atoms with Crippen molar-refractivity contribution in [3.05, 3.63) is 59.1 Å². The Bertz CT molecular complexity index is 1310. The first kappa shape index (κ1) is 26.9. The highest BCUT2D eigenvalue weighted by Gasteiger charge is 2.38. The van der Waals surface area contributed by atoms with Crippen molar-refractivity contribution in [1.29, 1.82) is 0 Å². The van der Waals surface area contributed by atoms with Crippen molar-refractivity contribution in [2.24, 2.45) is 5.41 Å². The summed E-state index contributed by atoms with van der Waals surface area (Å²) in [7, 11) is 1.41. The minimum absolute atomic E-state index is 0.0914. The zero-order valence-corrected chi connectivity index (χ0v) is 21.5. The predicted octanol–water partition coefficient (Wildman–Crippen LogP) is 6.63. The Morgan fingerprint density at radius 2 is 2.00 bits per heavy atom. The molecule has 37 heavy (non-hydrogen) atoms. The van der Waals surface area contributed by atoms with Gasteiger partial charge >= 0.3 is 12.1 Å². The third-order valence-corrected chi connectivity index (χ3v) is 7.21. The van der Waals surface area contributed by atoms with Crippen LogP contribution in [-0.4, -0.2) is 41.2 Å². The summed E-state index contributed by atoms with van der Waals surface area (Å²) >= 11 is 7.31. The number of pyridine rings is 2. The molecule has 2 N–H and O–H groups in total. The third kappa shape index (κ3) is 6.04. The van der Waals surface area contributed by atoms with Crippen molar-refractivity contribution in [2.75, 3.05) is 29.8 Å². The van der Waals surface area contributed by atoms with Crippen LogP contribution in [-0.2, 0) is 11.0 Å². The van der Waals surface area contributed by atoms with Gasteiger partial charge in [0.25, 0.3) is 0 Å². The van der Waals surface area contributed by atoms with Crippen molar-refractivity contribution in [3.8, 4) is 17.0 Å². The summed E-state index contributed by atoms with van der Waals surface area (Å²) in [6, 6.07) is 11.9. The number of ether oxygens (including phenoxy) is 1. The normalized spacial score (nSPS) is 17.9. The molecule has 1 aliphatic heterocycles. The predicted molar refractivity (Wildman–Crippen MR) is 137 cm³/mol. The molecule has 3 aromatic rings. The fraction of sp³-hybridized carbons (Fsp3) is 0.320. The van der Waals surface area contributed by atoms with Gasteiger partial charge in [0.15, 0.2) is 0 Å². The number of carbonyl (C=O) groups is 1. The second kappa shape index (κ2) is 10.7. The van der Waals surface area contributed by atoms with E-state index in [2.05, 4.69) is 14.7 Å². The molecule has 1 saturated heterocycles. The Kier molecular flexibility index (Phi) is 7.75. The maximum Gasteiger partial charge on any atom is 0.418 e. The molecule has 1 fully saturated rings. The molecule has 0 saturated carbocycles. The summed E-state index contributed by atoms with van der Waals surface area (Å²) in [5.74, 6) is 0.309. The van der Waals surface area contributed by atoms with Gasteiger partial charge < -0.3 is 19.5 Å². The minimum atomic E-state index is -4.64. The summed E-state index contributed by atoms with van der Waals surface area (Å²) < 4.78 is 49.4. The van der Waals surface area contributed by atoms with Gasteiger partial charge in [-0.15, -0.1) is 0 Å². The average molecular weight is 553 g/mol. The number of carboxylic acid groups (broad SMARTS) is 1. The van der Waals surface area contributed by atoms with E-state index in [1.54, 1.807) is 31.2 Å². The van der Waals surface area contributed by atoms with E-state index in [4.69, 9.17) is 16.3 Å². The van der Waals surface area contributed by atoms with Crippen LogP contribution in [0.25, 0.3) is 11.3 Å². The summed E-state index contributed by atoms with van der Waals surface area (Å²) in [5, 5.41) is 10.2. The lowest BCUT2D eigenvalue weighted by molar-refractivity contribution is -0.148. The molecule has 0 unspecified atom stereocenters. The number of aromatic nitrogens is 2. The zero-order chi connectivity index (χ0) is 26.8. The Balaban J connectivity index is 1.58. The average Bonchev–Trinajstić information content (AvgIpc) is 2.87. The lowest BCUT2D eigenvalue weighted by Gasteiger charge is -2.38. The van der Waals surface area contributed by atoms with Crippen LogP contribution in [0.4, 0.5) is 24.8 Å². The zero-order valence-electron chi connectivity index (χ0n) is 20.0. The highest BCUT2D eigenvalue weighted by atomic mass is 35.5. The van der Waals surface area contributed by atoms with Crippen LogP contribution in [0.15, 0.2) is 53.6 Å². The molecular formula is C25H24ClF3N4O3S. The number of aliphatic carboxylic acids is 1. The van der Waals surface area contributed by atoms with Crippen LogP contribution in [0.1, 0.15) is 25.3 Å². The van der Waals surface area contributed by atoms with E-state index in [1.165, 1.54) is 25.3 Å². The minimum Gasteiger partial charge on any atom is -0.497 e. The van der Waals surface area contributed by atoms with Gasteiger partial charge in [-0.05, 0) is 62.2 Å². The second-order valence-corrected chi connectivity index (χ2v) is 10.1. The number of anilines is 2. The van der Waals surface area contributed by atoms with Crippen LogP contribution in [0, 0.1) is 5.41 Å². The summed E-state index contributed by atoms with van der Waals surface area (Å²) in [6.45, 7) is 2.74.